The highest BCUT2D eigenvalue weighted by atomic mass is 79.9. The molecule has 1 rings (SSSR count). The minimum absolute atomic E-state index is 0.367. The van der Waals surface area contributed by atoms with Crippen LogP contribution in [0.25, 0.3) is 10.4 Å². The Labute approximate surface area is 126 Å². The molecule has 0 aliphatic heterocycles. The summed E-state index contributed by atoms with van der Waals surface area (Å²) in [6.45, 7) is 2.69. The number of carbonyl (C=O) groups excluding carboxylic acids is 1. The van der Waals surface area contributed by atoms with Crippen LogP contribution in [0, 0.1) is 0 Å². The SMILES string of the molecule is COC(=O)C(C)(NCCCN=[N+]=[N-])c1ccccc1Br. The number of carbonyl (C=O) groups is 1. The predicted octanol–water partition coefficient (Wildman–Crippen LogP) is 3.13. The summed E-state index contributed by atoms with van der Waals surface area (Å²) in [5, 5.41) is 6.64. The molecule has 0 aliphatic rings. The van der Waals surface area contributed by atoms with Crippen LogP contribution in [0.5, 0.6) is 0 Å². The molecule has 1 N–H and O–H groups in total. The van der Waals surface area contributed by atoms with Gasteiger partial charge in [-0.15, -0.1) is 0 Å². The maximum absolute atomic E-state index is 12.1. The molecule has 6 nitrogen and oxygen atoms in total. The molecule has 0 aromatic heterocycles. The van der Waals surface area contributed by atoms with E-state index < -0.39 is 5.54 Å². The number of halogens is 1. The van der Waals surface area contributed by atoms with Gasteiger partial charge in [-0.05, 0) is 37.1 Å². The van der Waals surface area contributed by atoms with Crippen molar-refractivity contribution in [3.05, 3.63) is 44.7 Å². The van der Waals surface area contributed by atoms with E-state index in [2.05, 4.69) is 31.3 Å². The molecule has 7 heteroatoms. The highest BCUT2D eigenvalue weighted by Crippen LogP contribution is 2.29. The summed E-state index contributed by atoms with van der Waals surface area (Å²) in [5.74, 6) is -0.367. The summed E-state index contributed by atoms with van der Waals surface area (Å²) in [6.07, 6.45) is 0.640. The Kier molecular flexibility index (Phi) is 6.51. The first-order valence-electron chi connectivity index (χ1n) is 6.15. The third-order valence-electron chi connectivity index (χ3n) is 2.98. The van der Waals surface area contributed by atoms with Gasteiger partial charge in [-0.25, -0.2) is 4.79 Å². The minimum atomic E-state index is -0.953. The van der Waals surface area contributed by atoms with Crippen LogP contribution < -0.4 is 5.32 Å². The first kappa shape index (κ1) is 16.5. The Bertz CT molecular complexity index is 517. The van der Waals surface area contributed by atoms with Gasteiger partial charge in [0.25, 0.3) is 0 Å². The zero-order valence-corrected chi connectivity index (χ0v) is 13.1. The van der Waals surface area contributed by atoms with Crippen molar-refractivity contribution in [3.8, 4) is 0 Å². The van der Waals surface area contributed by atoms with Crippen molar-refractivity contribution in [1.82, 2.24) is 5.32 Å². The smallest absolute Gasteiger partial charge is 0.330 e. The maximum atomic E-state index is 12.1. The number of methoxy groups -OCH3 is 1. The van der Waals surface area contributed by atoms with Crippen LogP contribution in [0.3, 0.4) is 0 Å². The first-order chi connectivity index (χ1) is 9.56. The molecule has 0 amide bonds. The summed E-state index contributed by atoms with van der Waals surface area (Å²) in [7, 11) is 1.36. The first-order valence-corrected chi connectivity index (χ1v) is 6.95. The third kappa shape index (κ3) is 3.96. The van der Waals surface area contributed by atoms with Crippen molar-refractivity contribution in [2.75, 3.05) is 20.2 Å². The lowest BCUT2D eigenvalue weighted by atomic mass is 9.92. The normalized spacial score (nSPS) is 13.2. The molecule has 0 aliphatic carbocycles. The molecule has 1 aromatic rings. The standard InChI is InChI=1S/C13H17BrN4O2/c1-13(12(19)20-2,16-8-5-9-17-18-15)10-6-3-4-7-11(10)14/h3-4,6-7,16H,5,8-9H2,1-2H3. The molecular weight excluding hydrogens is 324 g/mol. The molecular formula is C13H17BrN4O2. The number of azide groups is 1. The minimum Gasteiger partial charge on any atom is -0.467 e. The summed E-state index contributed by atoms with van der Waals surface area (Å²) >= 11 is 3.45. The van der Waals surface area contributed by atoms with Crippen LogP contribution in [-0.4, -0.2) is 26.2 Å². The van der Waals surface area contributed by atoms with E-state index in [-0.39, 0.29) is 5.97 Å². The largest absolute Gasteiger partial charge is 0.467 e. The van der Waals surface area contributed by atoms with Crippen LogP contribution in [0.2, 0.25) is 0 Å². The van der Waals surface area contributed by atoms with E-state index in [1.165, 1.54) is 7.11 Å². The molecule has 0 heterocycles. The Hall–Kier alpha value is -1.56. The number of ether oxygens (including phenoxy) is 1. The van der Waals surface area contributed by atoms with Gasteiger partial charge in [0.05, 0.1) is 7.11 Å². The molecule has 0 radical (unpaired) electrons. The predicted molar refractivity (Wildman–Crippen MR) is 80.1 cm³/mol. The van der Waals surface area contributed by atoms with Gasteiger partial charge in [0, 0.05) is 15.9 Å². The van der Waals surface area contributed by atoms with Gasteiger partial charge in [0.15, 0.2) is 0 Å². The van der Waals surface area contributed by atoms with Crippen molar-refractivity contribution in [2.45, 2.75) is 18.9 Å². The number of hydrogen-bond donors (Lipinski definition) is 1. The molecule has 0 saturated carbocycles. The van der Waals surface area contributed by atoms with Crippen LogP contribution in [-0.2, 0) is 15.1 Å². The second-order valence-corrected chi connectivity index (χ2v) is 5.19. The number of nitrogens with one attached hydrogen (secondary N) is 1. The van der Waals surface area contributed by atoms with Crippen LogP contribution >= 0.6 is 15.9 Å². The quantitative estimate of drug-likeness (QED) is 0.272. The molecule has 1 atom stereocenters. The van der Waals surface area contributed by atoms with E-state index in [1.54, 1.807) is 6.92 Å². The van der Waals surface area contributed by atoms with E-state index >= 15 is 0 Å². The fourth-order valence-electron chi connectivity index (χ4n) is 1.88. The van der Waals surface area contributed by atoms with Crippen LogP contribution in [0.15, 0.2) is 33.9 Å². The zero-order valence-electron chi connectivity index (χ0n) is 11.5. The number of hydrogen-bond acceptors (Lipinski definition) is 4. The molecule has 1 aromatic carbocycles. The Balaban J connectivity index is 2.90. The summed E-state index contributed by atoms with van der Waals surface area (Å²) in [6, 6.07) is 7.48. The highest BCUT2D eigenvalue weighted by Gasteiger charge is 2.37. The summed E-state index contributed by atoms with van der Waals surface area (Å²) in [5.41, 5.74) is 8.07. The Morgan fingerprint density at radius 1 is 1.55 bits per heavy atom. The van der Waals surface area contributed by atoms with E-state index in [0.717, 1.165) is 10.0 Å². The van der Waals surface area contributed by atoms with Crippen LogP contribution in [0.4, 0.5) is 0 Å². The number of benzene rings is 1. The lowest BCUT2D eigenvalue weighted by Crippen LogP contribution is -2.48. The monoisotopic (exact) mass is 340 g/mol. The van der Waals surface area contributed by atoms with Crippen LogP contribution in [0.1, 0.15) is 18.9 Å². The lowest BCUT2D eigenvalue weighted by molar-refractivity contribution is -0.148. The second kappa shape index (κ2) is 7.89. The molecule has 0 saturated heterocycles. The third-order valence-corrected chi connectivity index (χ3v) is 3.67. The summed E-state index contributed by atoms with van der Waals surface area (Å²) < 4.78 is 5.73. The second-order valence-electron chi connectivity index (χ2n) is 4.33. The van der Waals surface area contributed by atoms with Crippen molar-refractivity contribution in [1.29, 1.82) is 0 Å². The van der Waals surface area contributed by atoms with E-state index in [0.29, 0.717) is 19.5 Å². The van der Waals surface area contributed by atoms with Crippen molar-refractivity contribution >= 4 is 21.9 Å². The van der Waals surface area contributed by atoms with Gasteiger partial charge in [0.1, 0.15) is 5.54 Å². The lowest BCUT2D eigenvalue weighted by Gasteiger charge is -2.29. The van der Waals surface area contributed by atoms with Crippen molar-refractivity contribution in [2.24, 2.45) is 5.11 Å². The van der Waals surface area contributed by atoms with Gasteiger partial charge in [-0.3, -0.25) is 5.32 Å². The highest BCUT2D eigenvalue weighted by molar-refractivity contribution is 9.10. The zero-order chi connectivity index (χ0) is 15.0. The molecule has 108 valence electrons. The maximum Gasteiger partial charge on any atom is 0.330 e. The molecule has 0 bridgehead atoms. The van der Waals surface area contributed by atoms with Gasteiger partial charge >= 0.3 is 5.97 Å². The molecule has 1 unspecified atom stereocenters. The fraction of sp³-hybridized carbons (Fsp3) is 0.462. The van der Waals surface area contributed by atoms with E-state index in [9.17, 15) is 4.79 Å². The van der Waals surface area contributed by atoms with Gasteiger partial charge in [-0.1, -0.05) is 39.2 Å². The molecule has 0 spiro atoms. The average molecular weight is 341 g/mol. The van der Waals surface area contributed by atoms with Crippen molar-refractivity contribution < 1.29 is 9.53 Å². The topological polar surface area (TPSA) is 87.1 Å². The van der Waals surface area contributed by atoms with Crippen molar-refractivity contribution in [3.63, 3.8) is 0 Å². The van der Waals surface area contributed by atoms with Gasteiger partial charge < -0.3 is 4.74 Å². The van der Waals surface area contributed by atoms with Gasteiger partial charge in [-0.2, -0.15) is 0 Å². The molecule has 0 fully saturated rings. The molecule has 20 heavy (non-hydrogen) atoms. The van der Waals surface area contributed by atoms with Gasteiger partial charge in [0.2, 0.25) is 0 Å². The Morgan fingerprint density at radius 3 is 2.85 bits per heavy atom. The fourth-order valence-corrected chi connectivity index (χ4v) is 2.56. The van der Waals surface area contributed by atoms with E-state index in [4.69, 9.17) is 10.3 Å². The number of esters is 1. The average Bonchev–Trinajstić information content (AvgIpc) is 2.46. The van der Waals surface area contributed by atoms with E-state index in [1.807, 2.05) is 24.3 Å². The summed E-state index contributed by atoms with van der Waals surface area (Å²) in [4.78, 5) is 14.8. The Morgan fingerprint density at radius 2 is 2.25 bits per heavy atom. The number of rotatable bonds is 7. The number of nitrogens with zero attached hydrogens (tertiary/aromatic N) is 3.